The minimum Gasteiger partial charge on any atom is -1.00 e. The molecule has 1 aromatic carbocycles. The zero-order valence-corrected chi connectivity index (χ0v) is 23.1. The van der Waals surface area contributed by atoms with Crippen LogP contribution < -0.4 is 51.4 Å². The first-order valence-electron chi connectivity index (χ1n) is 11.6. The van der Waals surface area contributed by atoms with Crippen molar-refractivity contribution in [2.75, 3.05) is 0 Å². The van der Waals surface area contributed by atoms with E-state index in [9.17, 15) is 13.0 Å². The number of hydrogen-bond acceptors (Lipinski definition) is 2. The van der Waals surface area contributed by atoms with Gasteiger partial charge in [-0.3, -0.25) is 4.55 Å². The van der Waals surface area contributed by atoms with Gasteiger partial charge in [0.25, 0.3) is 10.1 Å². The van der Waals surface area contributed by atoms with Gasteiger partial charge in [-0.1, -0.05) is 116 Å². The van der Waals surface area contributed by atoms with Crippen LogP contribution in [-0.4, -0.2) is 13.0 Å². The summed E-state index contributed by atoms with van der Waals surface area (Å²) in [5.74, 6) is 0.222. The summed E-state index contributed by atoms with van der Waals surface area (Å²) in [6.07, 6.45) is 18.3. The Morgan fingerprint density at radius 2 is 1.17 bits per heavy atom. The normalized spacial score (nSPS) is 12.5. The summed E-state index contributed by atoms with van der Waals surface area (Å²) in [5.41, 5.74) is 0.810. The van der Waals surface area contributed by atoms with Crippen molar-refractivity contribution < 1.29 is 65.8 Å². The van der Waals surface area contributed by atoms with Gasteiger partial charge in [-0.25, -0.2) is 0 Å². The van der Waals surface area contributed by atoms with Gasteiger partial charge in [0.15, 0.2) is 0 Å². The molecule has 0 bridgehead atoms. The first kappa shape index (κ1) is 29.8. The predicted octanol–water partition coefficient (Wildman–Crippen LogP) is 5.02. The summed E-state index contributed by atoms with van der Waals surface area (Å²) in [6.45, 7) is 4.46. The molecule has 29 heavy (non-hydrogen) atoms. The molecule has 1 unspecified atom stereocenters. The number of benzene rings is 1. The van der Waals surface area contributed by atoms with Crippen LogP contribution in [-0.2, 0) is 10.1 Å². The van der Waals surface area contributed by atoms with Crippen LogP contribution in [0.1, 0.15) is 123 Å². The molecular weight excluding hydrogens is 407 g/mol. The van der Waals surface area contributed by atoms with Gasteiger partial charge in [0.1, 0.15) is 0 Å². The molecule has 0 heterocycles. The Balaban J connectivity index is 0. The van der Waals surface area contributed by atoms with Crippen molar-refractivity contribution in [2.24, 2.45) is 0 Å². The zero-order chi connectivity index (χ0) is 20.7. The predicted molar refractivity (Wildman–Crippen MR) is 121 cm³/mol. The smallest absolute Gasteiger partial charge is 1.00 e. The van der Waals surface area contributed by atoms with Gasteiger partial charge in [-0.15, -0.1) is 0 Å². The summed E-state index contributed by atoms with van der Waals surface area (Å²) < 4.78 is 33.3. The maximum absolute atomic E-state index is 11.8. The molecule has 164 valence electrons. The summed E-state index contributed by atoms with van der Waals surface area (Å²) in [5, 5.41) is 0. The molecule has 5 heteroatoms. The fourth-order valence-corrected chi connectivity index (χ4v) is 4.81. The Hall–Kier alpha value is 0.766. The Kier molecular flexibility index (Phi) is 18.8. The monoisotopic (exact) mass is 450 g/mol. The standard InChI is InChI=1S/C24H42O3S.K.H/c1-3-5-7-9-11-13-15-19-22(18-14-12-10-8-6-4-2)23-20-16-17-21-24(23)28(25,26)27;;/h16-17,20-22H,3-15,18-19H2,1-2H3,(H,25,26,27);;/q;+1;-1. The molecule has 0 radical (unpaired) electrons. The van der Waals surface area contributed by atoms with Gasteiger partial charge in [0.05, 0.1) is 4.90 Å². The van der Waals surface area contributed by atoms with Crippen LogP contribution in [0.2, 0.25) is 0 Å². The third kappa shape index (κ3) is 13.7. The quantitative estimate of drug-likeness (QED) is 0.206. The molecule has 0 fully saturated rings. The SMILES string of the molecule is CCCCCCCCCC(CCCCCCCC)c1ccccc1S(=O)(=O)O.[H-].[K+]. The average molecular weight is 451 g/mol. The molecule has 0 amide bonds. The summed E-state index contributed by atoms with van der Waals surface area (Å²) in [4.78, 5) is 0.105. The molecule has 1 aromatic rings. The zero-order valence-electron chi connectivity index (χ0n) is 20.2. The van der Waals surface area contributed by atoms with E-state index in [2.05, 4.69) is 13.8 Å². The topological polar surface area (TPSA) is 54.4 Å². The molecule has 0 saturated carbocycles. The molecule has 0 aliphatic rings. The Morgan fingerprint density at radius 1 is 0.759 bits per heavy atom. The van der Waals surface area contributed by atoms with Crippen molar-refractivity contribution in [2.45, 2.75) is 121 Å². The second kappa shape index (κ2) is 18.3. The minimum absolute atomic E-state index is 0. The van der Waals surface area contributed by atoms with E-state index < -0.39 is 10.1 Å². The van der Waals surface area contributed by atoms with Gasteiger partial charge in [-0.2, -0.15) is 8.42 Å². The third-order valence-electron chi connectivity index (χ3n) is 5.70. The molecule has 1 rings (SSSR count). The van der Waals surface area contributed by atoms with E-state index in [0.717, 1.165) is 31.2 Å². The van der Waals surface area contributed by atoms with Crippen molar-refractivity contribution in [3.8, 4) is 0 Å². The molecule has 0 aromatic heterocycles. The third-order valence-corrected chi connectivity index (χ3v) is 6.63. The van der Waals surface area contributed by atoms with Crippen LogP contribution >= 0.6 is 0 Å². The van der Waals surface area contributed by atoms with E-state index in [0.29, 0.717) is 0 Å². The van der Waals surface area contributed by atoms with Gasteiger partial charge < -0.3 is 1.43 Å². The van der Waals surface area contributed by atoms with Crippen LogP contribution in [0, 0.1) is 0 Å². The van der Waals surface area contributed by atoms with Crippen molar-refractivity contribution in [1.82, 2.24) is 0 Å². The van der Waals surface area contributed by atoms with Crippen LogP contribution in [0.4, 0.5) is 0 Å². The first-order valence-corrected chi connectivity index (χ1v) is 13.0. The maximum atomic E-state index is 11.8. The van der Waals surface area contributed by atoms with E-state index in [1.165, 1.54) is 70.6 Å². The van der Waals surface area contributed by atoms with Gasteiger partial charge >= 0.3 is 51.4 Å². The molecule has 3 nitrogen and oxygen atoms in total. The van der Waals surface area contributed by atoms with Crippen LogP contribution in [0.15, 0.2) is 29.2 Å². The second-order valence-corrected chi connectivity index (χ2v) is 9.57. The Labute approximate surface area is 224 Å². The van der Waals surface area contributed by atoms with E-state index in [1.807, 2.05) is 12.1 Å². The van der Waals surface area contributed by atoms with E-state index in [4.69, 9.17) is 0 Å². The number of unbranched alkanes of at least 4 members (excludes halogenated alkanes) is 11. The van der Waals surface area contributed by atoms with Crippen molar-refractivity contribution in [1.29, 1.82) is 0 Å². The van der Waals surface area contributed by atoms with E-state index >= 15 is 0 Å². The van der Waals surface area contributed by atoms with Crippen LogP contribution in [0.5, 0.6) is 0 Å². The summed E-state index contributed by atoms with van der Waals surface area (Å²) >= 11 is 0. The first-order chi connectivity index (χ1) is 13.5. The molecular formula is C24H43KO3S. The largest absolute Gasteiger partial charge is 1.00 e. The summed E-state index contributed by atoms with van der Waals surface area (Å²) in [7, 11) is -4.17. The van der Waals surface area contributed by atoms with Crippen molar-refractivity contribution in [3.63, 3.8) is 0 Å². The number of hydrogen-bond donors (Lipinski definition) is 1. The van der Waals surface area contributed by atoms with Crippen molar-refractivity contribution in [3.05, 3.63) is 29.8 Å². The average Bonchev–Trinajstić information content (AvgIpc) is 2.67. The number of rotatable bonds is 17. The molecule has 0 saturated heterocycles. The molecule has 1 N–H and O–H groups in total. The molecule has 0 spiro atoms. The van der Waals surface area contributed by atoms with Crippen LogP contribution in [0.25, 0.3) is 0 Å². The minimum atomic E-state index is -4.17. The Morgan fingerprint density at radius 3 is 1.62 bits per heavy atom. The van der Waals surface area contributed by atoms with Crippen molar-refractivity contribution >= 4 is 10.1 Å². The van der Waals surface area contributed by atoms with Crippen LogP contribution in [0.3, 0.4) is 0 Å². The Bertz CT molecular complexity index is 623. The fraction of sp³-hybridized carbons (Fsp3) is 0.750. The summed E-state index contributed by atoms with van der Waals surface area (Å²) in [6, 6.07) is 7.03. The van der Waals surface area contributed by atoms with Gasteiger partial charge in [-0.05, 0) is 30.4 Å². The molecule has 0 aliphatic carbocycles. The molecule has 0 aliphatic heterocycles. The maximum Gasteiger partial charge on any atom is 1.00 e. The van der Waals surface area contributed by atoms with Gasteiger partial charge in [0.2, 0.25) is 0 Å². The fourth-order valence-electron chi connectivity index (χ4n) is 4.03. The van der Waals surface area contributed by atoms with Gasteiger partial charge in [0, 0.05) is 0 Å². The van der Waals surface area contributed by atoms with E-state index in [1.54, 1.807) is 12.1 Å². The second-order valence-electron chi connectivity index (χ2n) is 8.18. The van der Waals surface area contributed by atoms with E-state index in [-0.39, 0.29) is 63.6 Å². The molecule has 1 atom stereocenters.